The molecule has 3 N–H and O–H groups in total. The van der Waals surface area contributed by atoms with Gasteiger partial charge in [0.2, 0.25) is 5.95 Å². The predicted octanol–water partition coefficient (Wildman–Crippen LogP) is 1.37. The Bertz CT molecular complexity index is 972. The molecule has 2 bridgehead atoms. The molecule has 29 heavy (non-hydrogen) atoms. The van der Waals surface area contributed by atoms with E-state index in [4.69, 9.17) is 24.7 Å². The molecule has 0 amide bonds. The van der Waals surface area contributed by atoms with E-state index in [2.05, 4.69) is 15.0 Å². The number of rotatable bonds is 4. The maximum Gasteiger partial charge on any atom is 0.280 e. The Morgan fingerprint density at radius 1 is 1.31 bits per heavy atom. The molecule has 2 aliphatic rings. The number of aromatic amines is 1. The first-order chi connectivity index (χ1) is 13.4. The van der Waals surface area contributed by atoms with Crippen molar-refractivity contribution in [3.63, 3.8) is 0 Å². The Morgan fingerprint density at radius 2 is 2.03 bits per heavy atom. The van der Waals surface area contributed by atoms with Crippen LogP contribution in [0.15, 0.2) is 11.1 Å². The van der Waals surface area contributed by atoms with Gasteiger partial charge in [0.15, 0.2) is 17.4 Å². The van der Waals surface area contributed by atoms with Gasteiger partial charge in [0.1, 0.15) is 17.8 Å². The highest BCUT2D eigenvalue weighted by molar-refractivity contribution is 5.70. The van der Waals surface area contributed by atoms with Crippen LogP contribution in [0.5, 0.6) is 0 Å². The highest BCUT2D eigenvalue weighted by Crippen LogP contribution is 2.48. The van der Waals surface area contributed by atoms with E-state index in [1.165, 1.54) is 6.33 Å². The number of nitrogens with one attached hydrogen (secondary N) is 1. The molecule has 160 valence electrons. The van der Waals surface area contributed by atoms with Crippen LogP contribution >= 0.6 is 0 Å². The molecular weight excluding hydrogens is 378 g/mol. The van der Waals surface area contributed by atoms with Gasteiger partial charge >= 0.3 is 0 Å². The smallest absolute Gasteiger partial charge is 0.280 e. The van der Waals surface area contributed by atoms with Crippen LogP contribution in [0.4, 0.5) is 5.95 Å². The zero-order valence-electron chi connectivity index (χ0n) is 17.7. The summed E-state index contributed by atoms with van der Waals surface area (Å²) in [5.74, 6) is 0.0154. The lowest BCUT2D eigenvalue weighted by molar-refractivity contribution is -0.209. The summed E-state index contributed by atoms with van der Waals surface area (Å²) in [6.45, 7) is 12.6. The van der Waals surface area contributed by atoms with Crippen LogP contribution in [-0.4, -0.2) is 61.7 Å². The van der Waals surface area contributed by atoms with Crippen molar-refractivity contribution in [3.8, 4) is 0 Å². The van der Waals surface area contributed by atoms with Gasteiger partial charge in [-0.05, 0) is 41.5 Å². The van der Waals surface area contributed by atoms with Crippen LogP contribution in [0.3, 0.4) is 0 Å². The summed E-state index contributed by atoms with van der Waals surface area (Å²) in [5.41, 5.74) is 4.35. The highest BCUT2D eigenvalue weighted by atomic mass is 16.7. The average Bonchev–Trinajstić information content (AvgIpc) is 3.21. The van der Waals surface area contributed by atoms with E-state index in [0.717, 1.165) is 0 Å². The number of fused-ring (bicyclic) bond motifs is 3. The highest BCUT2D eigenvalue weighted by Gasteiger charge is 2.64. The van der Waals surface area contributed by atoms with Crippen LogP contribution in [0.2, 0.25) is 0 Å². The first-order valence-electron chi connectivity index (χ1n) is 9.72. The molecule has 0 radical (unpaired) electrons. The van der Waals surface area contributed by atoms with Crippen molar-refractivity contribution < 1.29 is 18.9 Å². The number of anilines is 1. The average molecular weight is 407 g/mol. The minimum atomic E-state index is -0.779. The van der Waals surface area contributed by atoms with Crippen LogP contribution in [0, 0.1) is 0 Å². The lowest BCUT2D eigenvalue weighted by Gasteiger charge is -2.35. The third-order valence-electron chi connectivity index (χ3n) is 4.93. The molecule has 4 heterocycles. The van der Waals surface area contributed by atoms with E-state index in [9.17, 15) is 4.79 Å². The summed E-state index contributed by atoms with van der Waals surface area (Å²) in [4.78, 5) is 23.0. The summed E-state index contributed by atoms with van der Waals surface area (Å²) >= 11 is 0. The van der Waals surface area contributed by atoms with Crippen molar-refractivity contribution in [2.45, 2.75) is 76.8 Å². The Balaban J connectivity index is 1.73. The van der Waals surface area contributed by atoms with E-state index in [0.29, 0.717) is 18.9 Å². The van der Waals surface area contributed by atoms with Gasteiger partial charge in [-0.15, -0.1) is 0 Å². The van der Waals surface area contributed by atoms with E-state index in [1.807, 2.05) is 41.5 Å². The third-order valence-corrected chi connectivity index (χ3v) is 4.93. The van der Waals surface area contributed by atoms with Gasteiger partial charge in [0, 0.05) is 0 Å². The number of imidazole rings is 1. The molecule has 0 saturated carbocycles. The SMILES string of the molecule is CC(C)(C)OC[C@]12CO[C@@H](C1OC(C)(C)C)[C@H](n1cnc3c(=O)[nH]c(N)nc31)O2. The van der Waals surface area contributed by atoms with Crippen molar-refractivity contribution in [2.75, 3.05) is 18.9 Å². The summed E-state index contributed by atoms with van der Waals surface area (Å²) in [7, 11) is 0. The van der Waals surface area contributed by atoms with Gasteiger partial charge in [-0.1, -0.05) is 0 Å². The van der Waals surface area contributed by atoms with Gasteiger partial charge in [0.05, 0.1) is 30.7 Å². The summed E-state index contributed by atoms with van der Waals surface area (Å²) in [5, 5.41) is 0. The quantitative estimate of drug-likeness (QED) is 0.778. The monoisotopic (exact) mass is 407 g/mol. The van der Waals surface area contributed by atoms with Gasteiger partial charge in [0.25, 0.3) is 5.56 Å². The fourth-order valence-corrected chi connectivity index (χ4v) is 3.74. The molecule has 2 aromatic heterocycles. The number of ether oxygens (including phenoxy) is 4. The summed E-state index contributed by atoms with van der Waals surface area (Å²) in [6.07, 6.45) is 0.190. The predicted molar refractivity (Wildman–Crippen MR) is 105 cm³/mol. The normalized spacial score (nSPS) is 29.8. The van der Waals surface area contributed by atoms with Crippen LogP contribution in [0.25, 0.3) is 11.2 Å². The first kappa shape index (κ1) is 20.3. The maximum atomic E-state index is 12.1. The summed E-state index contributed by atoms with van der Waals surface area (Å²) < 4.78 is 26.7. The Kier molecular flexibility index (Phi) is 4.54. The minimum absolute atomic E-state index is 0.0154. The first-order valence-corrected chi connectivity index (χ1v) is 9.72. The van der Waals surface area contributed by atoms with Gasteiger partial charge < -0.3 is 24.7 Å². The second-order valence-corrected chi connectivity index (χ2v) is 9.68. The third kappa shape index (κ3) is 3.65. The Labute approximate surface area is 168 Å². The molecule has 10 nitrogen and oxygen atoms in total. The number of nitrogen functional groups attached to an aromatic ring is 1. The number of nitrogens with zero attached hydrogens (tertiary/aromatic N) is 3. The molecule has 2 aliphatic heterocycles. The second-order valence-electron chi connectivity index (χ2n) is 9.68. The number of nitrogens with two attached hydrogens (primary N) is 1. The lowest BCUT2D eigenvalue weighted by atomic mass is 9.98. The molecule has 4 rings (SSSR count). The van der Waals surface area contributed by atoms with Gasteiger partial charge in [-0.25, -0.2) is 4.98 Å². The van der Waals surface area contributed by atoms with E-state index >= 15 is 0 Å². The van der Waals surface area contributed by atoms with E-state index in [1.54, 1.807) is 4.57 Å². The molecule has 10 heteroatoms. The Morgan fingerprint density at radius 3 is 2.69 bits per heavy atom. The van der Waals surface area contributed by atoms with Crippen molar-refractivity contribution in [1.82, 2.24) is 19.5 Å². The van der Waals surface area contributed by atoms with E-state index in [-0.39, 0.29) is 23.2 Å². The van der Waals surface area contributed by atoms with Crippen molar-refractivity contribution in [3.05, 3.63) is 16.7 Å². The minimum Gasteiger partial charge on any atom is -0.373 e. The van der Waals surface area contributed by atoms with Gasteiger partial charge in [-0.2, -0.15) is 4.98 Å². The van der Waals surface area contributed by atoms with Crippen molar-refractivity contribution in [1.29, 1.82) is 0 Å². The second kappa shape index (κ2) is 6.49. The molecule has 0 spiro atoms. The maximum absolute atomic E-state index is 12.1. The molecule has 0 aromatic carbocycles. The largest absolute Gasteiger partial charge is 0.373 e. The fraction of sp³-hybridized carbons (Fsp3) is 0.737. The van der Waals surface area contributed by atoms with E-state index < -0.39 is 29.1 Å². The lowest BCUT2D eigenvalue weighted by Crippen LogP contribution is -2.49. The number of hydrogen-bond acceptors (Lipinski definition) is 8. The van der Waals surface area contributed by atoms with Crippen LogP contribution in [0.1, 0.15) is 47.8 Å². The zero-order valence-corrected chi connectivity index (χ0v) is 17.7. The Hall–Kier alpha value is -2.01. The summed E-state index contributed by atoms with van der Waals surface area (Å²) in [6, 6.07) is 0. The number of hydrogen-bond donors (Lipinski definition) is 2. The number of H-pyrrole nitrogens is 1. The fourth-order valence-electron chi connectivity index (χ4n) is 3.74. The molecule has 2 aromatic rings. The van der Waals surface area contributed by atoms with Crippen molar-refractivity contribution in [2.24, 2.45) is 0 Å². The zero-order chi connectivity index (χ0) is 21.2. The van der Waals surface area contributed by atoms with Crippen LogP contribution < -0.4 is 11.3 Å². The molecule has 4 atom stereocenters. The molecular formula is C19H29N5O5. The standard InChI is InChI=1S/C19H29N5O5/c1-17(2,3)27-8-19-7-26-11(12(19)28-18(4,5)6)15(29-19)24-9-21-10-13(24)22-16(20)23-14(10)25/h9,11-12,15H,7-8H2,1-6H3,(H3,20,22,23,25)/t11-,12?,15+,19+/m0/s1. The molecule has 1 unspecified atom stereocenters. The molecule has 2 fully saturated rings. The number of aromatic nitrogens is 4. The molecule has 2 saturated heterocycles. The van der Waals surface area contributed by atoms with Gasteiger partial charge in [-0.3, -0.25) is 14.3 Å². The van der Waals surface area contributed by atoms with Crippen LogP contribution in [-0.2, 0) is 18.9 Å². The molecule has 0 aliphatic carbocycles. The van der Waals surface area contributed by atoms with Crippen molar-refractivity contribution >= 4 is 17.1 Å². The topological polar surface area (TPSA) is 127 Å².